The first-order valence-corrected chi connectivity index (χ1v) is 11.1. The summed E-state index contributed by atoms with van der Waals surface area (Å²) in [6, 6.07) is 33.5. The van der Waals surface area contributed by atoms with Gasteiger partial charge in [-0.2, -0.15) is 0 Å². The topological polar surface area (TPSA) is 67.5 Å². The van der Waals surface area contributed by atoms with Gasteiger partial charge in [-0.15, -0.1) is 0 Å². The van der Waals surface area contributed by atoms with Crippen LogP contribution in [0.5, 0.6) is 5.75 Å². The first kappa shape index (κ1) is 21.4. The van der Waals surface area contributed by atoms with E-state index in [1.165, 1.54) is 0 Å². The van der Waals surface area contributed by atoms with Crippen molar-refractivity contribution in [1.29, 1.82) is 0 Å². The zero-order valence-corrected chi connectivity index (χ0v) is 18.3. The lowest BCUT2D eigenvalue weighted by Gasteiger charge is -2.18. The van der Waals surface area contributed by atoms with Crippen molar-refractivity contribution >= 4 is 16.8 Å². The first-order valence-electron chi connectivity index (χ1n) is 11.1. The molecule has 1 atom stereocenters. The molecule has 0 saturated heterocycles. The number of aromatic hydroxyl groups is 1. The van der Waals surface area contributed by atoms with Crippen LogP contribution in [0.1, 0.15) is 33.8 Å². The average molecular weight is 447 g/mol. The summed E-state index contributed by atoms with van der Waals surface area (Å²) in [4.78, 5) is 26.3. The Morgan fingerprint density at radius 2 is 1.32 bits per heavy atom. The second-order valence-electron chi connectivity index (χ2n) is 8.18. The van der Waals surface area contributed by atoms with Crippen LogP contribution >= 0.6 is 0 Å². The normalized spacial score (nSPS) is 11.9. The Labute approximate surface area is 196 Å². The van der Waals surface area contributed by atoms with Crippen LogP contribution in [0.3, 0.4) is 0 Å². The van der Waals surface area contributed by atoms with Crippen molar-refractivity contribution in [2.45, 2.75) is 12.3 Å². The van der Waals surface area contributed by atoms with Gasteiger partial charge in [-0.1, -0.05) is 97.1 Å². The summed E-state index contributed by atoms with van der Waals surface area (Å²) in [5.41, 5.74) is 3.16. The van der Waals surface area contributed by atoms with Crippen LogP contribution in [0.25, 0.3) is 22.1 Å². The molecule has 0 amide bonds. The van der Waals surface area contributed by atoms with Gasteiger partial charge in [-0.25, -0.2) is 4.79 Å². The molecule has 1 heterocycles. The molecule has 1 aromatic heterocycles. The van der Waals surface area contributed by atoms with Crippen molar-refractivity contribution in [3.8, 4) is 16.9 Å². The maximum absolute atomic E-state index is 13.3. The van der Waals surface area contributed by atoms with Crippen LogP contribution in [0.4, 0.5) is 0 Å². The molecule has 0 aliphatic carbocycles. The lowest BCUT2D eigenvalue weighted by molar-refractivity contribution is 0.0977. The van der Waals surface area contributed by atoms with Crippen LogP contribution in [-0.4, -0.2) is 10.9 Å². The third-order valence-electron chi connectivity index (χ3n) is 6.07. The van der Waals surface area contributed by atoms with Gasteiger partial charge in [-0.05, 0) is 28.8 Å². The number of hydrogen-bond donors (Lipinski definition) is 1. The zero-order valence-electron chi connectivity index (χ0n) is 18.3. The van der Waals surface area contributed by atoms with E-state index in [9.17, 15) is 14.7 Å². The highest BCUT2D eigenvalue weighted by molar-refractivity contribution is 5.97. The highest BCUT2D eigenvalue weighted by atomic mass is 16.4. The predicted molar refractivity (Wildman–Crippen MR) is 133 cm³/mol. The SMILES string of the molecule is O=C(CC(c1ccccc1)c1c(O)c2ccccc2oc1=O)c1ccc(-c2ccccc2)cc1. The van der Waals surface area contributed by atoms with Crippen LogP contribution in [0.2, 0.25) is 0 Å². The second-order valence-corrected chi connectivity index (χ2v) is 8.18. The molecule has 0 aliphatic heterocycles. The Kier molecular flexibility index (Phi) is 5.79. The van der Waals surface area contributed by atoms with Gasteiger partial charge in [0.05, 0.1) is 10.9 Å². The fraction of sp³-hybridized carbons (Fsp3) is 0.0667. The number of ketones is 1. The summed E-state index contributed by atoms with van der Waals surface area (Å²) in [7, 11) is 0. The maximum Gasteiger partial charge on any atom is 0.343 e. The van der Waals surface area contributed by atoms with Crippen LogP contribution in [-0.2, 0) is 0 Å². The predicted octanol–water partition coefficient (Wildman–Crippen LogP) is 6.57. The number of carbonyl (C=O) groups is 1. The molecule has 4 aromatic carbocycles. The summed E-state index contributed by atoms with van der Waals surface area (Å²) in [5, 5.41) is 11.5. The molecule has 1 unspecified atom stereocenters. The molecule has 0 saturated carbocycles. The van der Waals surface area contributed by atoms with Gasteiger partial charge >= 0.3 is 5.63 Å². The van der Waals surface area contributed by atoms with Crippen molar-refractivity contribution in [2.24, 2.45) is 0 Å². The number of Topliss-reactive ketones (excluding diaryl/α,β-unsaturated/α-hetero) is 1. The number of carbonyl (C=O) groups excluding carboxylic acids is 1. The van der Waals surface area contributed by atoms with E-state index in [4.69, 9.17) is 4.42 Å². The lowest BCUT2D eigenvalue weighted by Crippen LogP contribution is -2.17. The molecule has 5 aromatic rings. The Bertz CT molecular complexity index is 1500. The molecular weight excluding hydrogens is 424 g/mol. The molecule has 0 bridgehead atoms. The summed E-state index contributed by atoms with van der Waals surface area (Å²) in [6.07, 6.45) is 0.0192. The zero-order chi connectivity index (χ0) is 23.5. The van der Waals surface area contributed by atoms with Crippen molar-refractivity contribution < 1.29 is 14.3 Å². The van der Waals surface area contributed by atoms with E-state index in [1.54, 1.807) is 36.4 Å². The third kappa shape index (κ3) is 4.14. The number of benzene rings is 4. The fourth-order valence-electron chi connectivity index (χ4n) is 4.31. The molecule has 5 rings (SSSR count). The highest BCUT2D eigenvalue weighted by Crippen LogP contribution is 2.36. The van der Waals surface area contributed by atoms with E-state index >= 15 is 0 Å². The summed E-state index contributed by atoms with van der Waals surface area (Å²) >= 11 is 0. The Morgan fingerprint density at radius 1 is 0.735 bits per heavy atom. The number of fused-ring (bicyclic) bond motifs is 1. The summed E-state index contributed by atoms with van der Waals surface area (Å²) in [5.74, 6) is -0.920. The first-order chi connectivity index (χ1) is 16.6. The van der Waals surface area contributed by atoms with E-state index in [-0.39, 0.29) is 23.5 Å². The van der Waals surface area contributed by atoms with Gasteiger partial charge < -0.3 is 9.52 Å². The van der Waals surface area contributed by atoms with Gasteiger partial charge in [0.25, 0.3) is 0 Å². The van der Waals surface area contributed by atoms with Gasteiger partial charge in [0.1, 0.15) is 11.3 Å². The van der Waals surface area contributed by atoms with E-state index in [0.29, 0.717) is 16.5 Å². The molecular formula is C30H22O4. The Balaban J connectivity index is 1.53. The second kappa shape index (κ2) is 9.20. The smallest absolute Gasteiger partial charge is 0.343 e. The quantitative estimate of drug-likeness (QED) is 0.237. The molecule has 1 N–H and O–H groups in total. The molecule has 0 fully saturated rings. The largest absolute Gasteiger partial charge is 0.507 e. The van der Waals surface area contributed by atoms with Crippen LogP contribution < -0.4 is 5.63 Å². The van der Waals surface area contributed by atoms with Crippen molar-refractivity contribution in [3.63, 3.8) is 0 Å². The minimum atomic E-state index is -0.650. The molecule has 4 nitrogen and oxygen atoms in total. The van der Waals surface area contributed by atoms with Gasteiger partial charge in [-0.3, -0.25) is 4.79 Å². The van der Waals surface area contributed by atoms with E-state index < -0.39 is 11.5 Å². The fourth-order valence-corrected chi connectivity index (χ4v) is 4.31. The Morgan fingerprint density at radius 3 is 2.03 bits per heavy atom. The third-order valence-corrected chi connectivity index (χ3v) is 6.07. The summed E-state index contributed by atoms with van der Waals surface area (Å²) < 4.78 is 5.50. The summed E-state index contributed by atoms with van der Waals surface area (Å²) in [6.45, 7) is 0. The molecule has 0 aliphatic rings. The van der Waals surface area contributed by atoms with E-state index in [0.717, 1.165) is 16.7 Å². The Hall–Kier alpha value is -4.44. The number of rotatable bonds is 6. The number of hydrogen-bond acceptors (Lipinski definition) is 4. The maximum atomic E-state index is 13.3. The van der Waals surface area contributed by atoms with Crippen molar-refractivity contribution in [2.75, 3.05) is 0 Å². The highest BCUT2D eigenvalue weighted by Gasteiger charge is 2.27. The minimum Gasteiger partial charge on any atom is -0.507 e. The van der Waals surface area contributed by atoms with Crippen molar-refractivity contribution in [3.05, 3.63) is 136 Å². The lowest BCUT2D eigenvalue weighted by atomic mass is 9.85. The number of para-hydroxylation sites is 1. The van der Waals surface area contributed by atoms with Gasteiger partial charge in [0.15, 0.2) is 5.78 Å². The monoisotopic (exact) mass is 446 g/mol. The molecule has 4 heteroatoms. The van der Waals surface area contributed by atoms with E-state index in [1.807, 2.05) is 72.8 Å². The van der Waals surface area contributed by atoms with Gasteiger partial charge in [0, 0.05) is 17.9 Å². The molecule has 0 spiro atoms. The standard InChI is InChI=1S/C30H22O4/c31-26(23-17-15-21(16-18-23)20-9-3-1-4-10-20)19-25(22-11-5-2-6-12-22)28-29(32)24-13-7-8-14-27(24)34-30(28)33/h1-18,25,32H,19H2. The molecule has 166 valence electrons. The van der Waals surface area contributed by atoms with Crippen LogP contribution in [0.15, 0.2) is 118 Å². The molecule has 0 radical (unpaired) electrons. The van der Waals surface area contributed by atoms with E-state index in [2.05, 4.69) is 0 Å². The van der Waals surface area contributed by atoms with Crippen molar-refractivity contribution in [1.82, 2.24) is 0 Å². The molecule has 34 heavy (non-hydrogen) atoms. The average Bonchev–Trinajstić information content (AvgIpc) is 2.89. The van der Waals surface area contributed by atoms with Crippen LogP contribution in [0, 0.1) is 0 Å². The minimum absolute atomic E-state index is 0.0192. The van der Waals surface area contributed by atoms with Gasteiger partial charge in [0.2, 0.25) is 0 Å².